The molecule has 27 heavy (non-hydrogen) atoms. The van der Waals surface area contributed by atoms with Crippen LogP contribution in [0.1, 0.15) is 16.7 Å². The van der Waals surface area contributed by atoms with E-state index in [-0.39, 0.29) is 5.91 Å². The molecule has 5 heteroatoms. The number of hydrogen-bond donors (Lipinski definition) is 1. The third-order valence-corrected chi connectivity index (χ3v) is 5.12. The molecule has 1 amide bonds. The Hall–Kier alpha value is -2.82. The molecule has 1 N–H and O–H groups in total. The maximum atomic E-state index is 13.3. The molecule has 1 aliphatic rings. The highest BCUT2D eigenvalue weighted by atomic mass is 35.5. The molecule has 0 fully saturated rings. The molecule has 0 aromatic heterocycles. The molecule has 0 saturated carbocycles. The Labute approximate surface area is 162 Å². The van der Waals surface area contributed by atoms with Crippen molar-refractivity contribution in [1.82, 2.24) is 0 Å². The molecule has 0 saturated heterocycles. The zero-order valence-electron chi connectivity index (χ0n) is 14.7. The van der Waals surface area contributed by atoms with E-state index in [9.17, 15) is 9.90 Å². The monoisotopic (exact) mass is 379 g/mol. The van der Waals surface area contributed by atoms with Crippen molar-refractivity contribution in [3.05, 3.63) is 94.5 Å². The van der Waals surface area contributed by atoms with Crippen molar-refractivity contribution < 1.29 is 14.6 Å². The summed E-state index contributed by atoms with van der Waals surface area (Å²) in [6, 6.07) is 21.6. The maximum Gasteiger partial charge on any atom is 0.268 e. The zero-order valence-corrected chi connectivity index (χ0v) is 15.5. The highest BCUT2D eigenvalue weighted by molar-refractivity contribution is 6.31. The van der Waals surface area contributed by atoms with Gasteiger partial charge >= 0.3 is 0 Å². The molecule has 0 aliphatic carbocycles. The van der Waals surface area contributed by atoms with Crippen LogP contribution in [0.25, 0.3) is 0 Å². The van der Waals surface area contributed by atoms with Gasteiger partial charge in [-0.2, -0.15) is 0 Å². The average Bonchev–Trinajstić information content (AvgIpc) is 2.91. The van der Waals surface area contributed by atoms with E-state index in [0.717, 1.165) is 11.3 Å². The number of amides is 1. The lowest BCUT2D eigenvalue weighted by molar-refractivity contribution is -0.132. The molecule has 0 unspecified atom stereocenters. The smallest absolute Gasteiger partial charge is 0.268 e. The van der Waals surface area contributed by atoms with Crippen LogP contribution < -0.4 is 9.64 Å². The molecule has 1 atom stereocenters. The van der Waals surface area contributed by atoms with Crippen LogP contribution in [0.4, 0.5) is 5.69 Å². The van der Waals surface area contributed by atoms with Gasteiger partial charge in [-0.25, -0.2) is 0 Å². The van der Waals surface area contributed by atoms with Gasteiger partial charge in [0.05, 0.1) is 19.3 Å². The van der Waals surface area contributed by atoms with Crippen molar-refractivity contribution in [1.29, 1.82) is 0 Å². The fraction of sp³-hybridized carbons (Fsp3) is 0.136. The summed E-state index contributed by atoms with van der Waals surface area (Å²) in [6.45, 7) is 0.340. The highest BCUT2D eigenvalue weighted by Crippen LogP contribution is 2.46. The highest BCUT2D eigenvalue weighted by Gasteiger charge is 2.51. The third kappa shape index (κ3) is 2.87. The van der Waals surface area contributed by atoms with E-state index >= 15 is 0 Å². The lowest BCUT2D eigenvalue weighted by Crippen LogP contribution is -2.40. The Balaban J connectivity index is 1.79. The first-order valence-electron chi connectivity index (χ1n) is 8.57. The van der Waals surface area contributed by atoms with Gasteiger partial charge in [0.15, 0.2) is 5.60 Å². The van der Waals surface area contributed by atoms with Crippen molar-refractivity contribution in [2.75, 3.05) is 12.0 Å². The number of carbonyl (C=O) groups is 1. The summed E-state index contributed by atoms with van der Waals surface area (Å²) in [5.41, 5.74) is 0.859. The van der Waals surface area contributed by atoms with E-state index in [1.165, 1.54) is 0 Å². The SMILES string of the molecule is COc1ccc(CN2C(=O)[C@@](O)(c3ccccc3)c3cc(Cl)ccc32)cc1. The van der Waals surface area contributed by atoms with Crippen molar-refractivity contribution in [2.45, 2.75) is 12.1 Å². The van der Waals surface area contributed by atoms with Gasteiger partial charge in [0.25, 0.3) is 5.91 Å². The molecular weight excluding hydrogens is 362 g/mol. The molecule has 3 aromatic rings. The fourth-order valence-corrected chi connectivity index (χ4v) is 3.65. The van der Waals surface area contributed by atoms with Gasteiger partial charge in [-0.05, 0) is 41.5 Å². The Morgan fingerprint density at radius 2 is 1.74 bits per heavy atom. The third-order valence-electron chi connectivity index (χ3n) is 4.89. The summed E-state index contributed by atoms with van der Waals surface area (Å²) in [7, 11) is 1.61. The number of carbonyl (C=O) groups excluding carboxylic acids is 1. The summed E-state index contributed by atoms with van der Waals surface area (Å²) in [6.07, 6.45) is 0. The van der Waals surface area contributed by atoms with E-state index in [0.29, 0.717) is 28.4 Å². The van der Waals surface area contributed by atoms with E-state index in [4.69, 9.17) is 16.3 Å². The van der Waals surface area contributed by atoms with Gasteiger partial charge in [0.1, 0.15) is 5.75 Å². The van der Waals surface area contributed by atoms with Crippen LogP contribution in [-0.2, 0) is 16.9 Å². The van der Waals surface area contributed by atoms with E-state index < -0.39 is 5.60 Å². The van der Waals surface area contributed by atoms with Crippen molar-refractivity contribution in [3.8, 4) is 5.75 Å². The molecule has 3 aromatic carbocycles. The summed E-state index contributed by atoms with van der Waals surface area (Å²) < 4.78 is 5.19. The first-order chi connectivity index (χ1) is 13.0. The molecule has 0 radical (unpaired) electrons. The van der Waals surface area contributed by atoms with Gasteiger partial charge in [-0.3, -0.25) is 4.79 Å². The summed E-state index contributed by atoms with van der Waals surface area (Å²) in [5, 5.41) is 11.9. The number of halogens is 1. The predicted molar refractivity (Wildman–Crippen MR) is 105 cm³/mol. The summed E-state index contributed by atoms with van der Waals surface area (Å²) in [5.74, 6) is 0.362. The molecule has 1 heterocycles. The maximum absolute atomic E-state index is 13.3. The van der Waals surface area contributed by atoms with Crippen LogP contribution in [0.2, 0.25) is 5.02 Å². The number of aliphatic hydroxyl groups is 1. The second kappa shape index (κ2) is 6.72. The van der Waals surface area contributed by atoms with Gasteiger partial charge in [-0.1, -0.05) is 54.1 Å². The van der Waals surface area contributed by atoms with Crippen molar-refractivity contribution in [2.24, 2.45) is 0 Å². The predicted octanol–water partition coefficient (Wildman–Crippen LogP) is 4.13. The number of ether oxygens (including phenoxy) is 1. The molecular formula is C22H18ClNO3. The van der Waals surface area contributed by atoms with Gasteiger partial charge in [0.2, 0.25) is 0 Å². The normalized spacial score (nSPS) is 18.5. The first kappa shape index (κ1) is 17.6. The summed E-state index contributed by atoms with van der Waals surface area (Å²) in [4.78, 5) is 14.9. The van der Waals surface area contributed by atoms with Crippen molar-refractivity contribution in [3.63, 3.8) is 0 Å². The lowest BCUT2D eigenvalue weighted by atomic mass is 9.87. The number of methoxy groups -OCH3 is 1. The van der Waals surface area contributed by atoms with E-state index in [1.54, 1.807) is 54.5 Å². The van der Waals surface area contributed by atoms with Crippen LogP contribution >= 0.6 is 11.6 Å². The number of anilines is 1. The second-order valence-electron chi connectivity index (χ2n) is 6.48. The molecule has 1 aliphatic heterocycles. The van der Waals surface area contributed by atoms with E-state index in [2.05, 4.69) is 0 Å². The largest absolute Gasteiger partial charge is 0.497 e. The molecule has 4 rings (SSSR count). The Kier molecular flexibility index (Phi) is 4.38. The van der Waals surface area contributed by atoms with E-state index in [1.807, 2.05) is 30.3 Å². The van der Waals surface area contributed by atoms with Crippen molar-refractivity contribution >= 4 is 23.2 Å². The number of fused-ring (bicyclic) bond motifs is 1. The average molecular weight is 380 g/mol. The Morgan fingerprint density at radius 1 is 1.04 bits per heavy atom. The second-order valence-corrected chi connectivity index (χ2v) is 6.91. The quantitative estimate of drug-likeness (QED) is 0.741. The topological polar surface area (TPSA) is 49.8 Å². The zero-order chi connectivity index (χ0) is 19.0. The van der Waals surface area contributed by atoms with Crippen LogP contribution in [0.5, 0.6) is 5.75 Å². The van der Waals surface area contributed by atoms with Gasteiger partial charge in [0, 0.05) is 10.6 Å². The minimum absolute atomic E-state index is 0.340. The molecule has 0 spiro atoms. The number of nitrogens with zero attached hydrogens (tertiary/aromatic N) is 1. The van der Waals surface area contributed by atoms with Crippen LogP contribution in [0.3, 0.4) is 0 Å². The molecule has 136 valence electrons. The lowest BCUT2D eigenvalue weighted by Gasteiger charge is -2.24. The number of rotatable bonds is 4. The Bertz CT molecular complexity index is 988. The van der Waals surface area contributed by atoms with Gasteiger partial charge in [-0.15, -0.1) is 0 Å². The van der Waals surface area contributed by atoms with Crippen LogP contribution in [0, 0.1) is 0 Å². The minimum atomic E-state index is -1.76. The number of benzene rings is 3. The van der Waals surface area contributed by atoms with Gasteiger partial charge < -0.3 is 14.7 Å². The molecule has 0 bridgehead atoms. The minimum Gasteiger partial charge on any atom is -0.497 e. The summed E-state index contributed by atoms with van der Waals surface area (Å²) >= 11 is 6.17. The molecule has 4 nitrogen and oxygen atoms in total. The van der Waals surface area contributed by atoms with Crippen LogP contribution in [-0.4, -0.2) is 18.1 Å². The fourth-order valence-electron chi connectivity index (χ4n) is 3.48. The standard InChI is InChI=1S/C22H18ClNO3/c1-27-18-10-7-15(8-11-18)14-24-20-12-9-17(23)13-19(20)22(26,21(24)25)16-5-3-2-4-6-16/h2-13,26H,14H2,1H3/t22-/m1/s1. The Morgan fingerprint density at radius 3 is 2.41 bits per heavy atom. The number of hydrogen-bond acceptors (Lipinski definition) is 3. The first-order valence-corrected chi connectivity index (χ1v) is 8.94. The van der Waals surface area contributed by atoms with Crippen LogP contribution in [0.15, 0.2) is 72.8 Å².